The average molecular weight is 287 g/mol. The lowest BCUT2D eigenvalue weighted by atomic mass is 10.2. The maximum atomic E-state index is 5.90. The molecule has 0 aliphatic rings. The predicted octanol–water partition coefficient (Wildman–Crippen LogP) is 3.17. The van der Waals surface area contributed by atoms with Crippen LogP contribution in [0.2, 0.25) is 0 Å². The van der Waals surface area contributed by atoms with Gasteiger partial charge in [0.25, 0.3) is 0 Å². The van der Waals surface area contributed by atoms with Gasteiger partial charge in [0.05, 0.1) is 10.4 Å². The molecule has 6 heteroatoms. The van der Waals surface area contributed by atoms with E-state index < -0.39 is 0 Å². The Kier molecular flexibility index (Phi) is 4.14. The number of thioether (sulfide) groups is 1. The van der Waals surface area contributed by atoms with Crippen LogP contribution in [0.15, 0.2) is 40.8 Å². The summed E-state index contributed by atoms with van der Waals surface area (Å²) in [7, 11) is 0. The monoisotopic (exact) mass is 287 g/mol. The fourth-order valence-corrected chi connectivity index (χ4v) is 2.71. The van der Waals surface area contributed by atoms with Gasteiger partial charge < -0.3 is 16.5 Å². The maximum Gasteiger partial charge on any atom is 0.223 e. The third kappa shape index (κ3) is 2.85. The van der Waals surface area contributed by atoms with E-state index in [1.54, 1.807) is 17.8 Å². The Balaban J connectivity index is 2.39. The molecule has 0 aromatic carbocycles. The van der Waals surface area contributed by atoms with Gasteiger partial charge >= 0.3 is 0 Å². The molecule has 0 fully saturated rings. The summed E-state index contributed by atoms with van der Waals surface area (Å²) < 4.78 is 0. The zero-order valence-electron chi connectivity index (χ0n) is 11.5. The molecule has 20 heavy (non-hydrogen) atoms. The molecule has 0 saturated heterocycles. The van der Waals surface area contributed by atoms with Crippen molar-refractivity contribution in [2.45, 2.75) is 18.9 Å². The number of nitrogens with zero attached hydrogens (tertiary/aromatic N) is 2. The lowest BCUT2D eigenvalue weighted by molar-refractivity contribution is 1.16. The largest absolute Gasteiger partial charge is 0.383 e. The first kappa shape index (κ1) is 14.2. The number of fused-ring (bicyclic) bond motifs is 1. The number of nitrogens with two attached hydrogens (primary N) is 2. The van der Waals surface area contributed by atoms with Crippen LogP contribution < -0.4 is 11.5 Å². The van der Waals surface area contributed by atoms with Gasteiger partial charge in [0.2, 0.25) is 5.95 Å². The van der Waals surface area contributed by atoms with Crippen molar-refractivity contribution in [1.29, 1.82) is 0 Å². The van der Waals surface area contributed by atoms with Gasteiger partial charge in [-0.2, -0.15) is 9.97 Å². The minimum atomic E-state index is 0.175. The van der Waals surface area contributed by atoms with Crippen LogP contribution in [0.1, 0.15) is 12.5 Å². The molecular formula is C14H17N5S. The second-order valence-corrected chi connectivity index (χ2v) is 5.53. The van der Waals surface area contributed by atoms with Crippen LogP contribution in [0, 0.1) is 6.92 Å². The van der Waals surface area contributed by atoms with Crippen molar-refractivity contribution >= 4 is 34.6 Å². The summed E-state index contributed by atoms with van der Waals surface area (Å²) in [4.78, 5) is 12.5. The summed E-state index contributed by atoms with van der Waals surface area (Å²) in [6.45, 7) is 7.66. The number of aryl methyl sites for hydroxylation is 1. The van der Waals surface area contributed by atoms with Gasteiger partial charge in [-0.3, -0.25) is 0 Å². The number of hydrogen-bond acceptors (Lipinski definition) is 5. The lowest BCUT2D eigenvalue weighted by Gasteiger charge is -2.00. The summed E-state index contributed by atoms with van der Waals surface area (Å²) in [6.07, 6.45) is 7.58. The number of hydrogen-bond donors (Lipinski definition) is 3. The van der Waals surface area contributed by atoms with E-state index >= 15 is 0 Å². The first-order valence-electron chi connectivity index (χ1n) is 6.08. The van der Waals surface area contributed by atoms with E-state index in [0.29, 0.717) is 11.5 Å². The Bertz CT molecular complexity index is 712. The Morgan fingerprint density at radius 3 is 2.75 bits per heavy atom. The SMILES string of the molecule is C=C/C=C\C=C(/C)Sc1[nH]c2nc(N)nc(N)c2c1C. The quantitative estimate of drug-likeness (QED) is 0.593. The number of anilines is 2. The molecule has 0 radical (unpaired) electrons. The molecule has 0 amide bonds. The summed E-state index contributed by atoms with van der Waals surface area (Å²) in [5, 5.41) is 1.82. The second-order valence-electron chi connectivity index (χ2n) is 4.27. The molecule has 2 rings (SSSR count). The molecule has 0 atom stereocenters. The molecule has 0 aliphatic heterocycles. The molecule has 0 bridgehead atoms. The Morgan fingerprint density at radius 2 is 2.05 bits per heavy atom. The summed E-state index contributed by atoms with van der Waals surface area (Å²) in [5.41, 5.74) is 13.2. The number of H-pyrrole nitrogens is 1. The maximum absolute atomic E-state index is 5.90. The van der Waals surface area contributed by atoms with Gasteiger partial charge in [0.1, 0.15) is 11.5 Å². The van der Waals surface area contributed by atoms with Gasteiger partial charge in [-0.1, -0.05) is 42.6 Å². The first-order chi connectivity index (χ1) is 9.52. The van der Waals surface area contributed by atoms with Crippen molar-refractivity contribution < 1.29 is 0 Å². The van der Waals surface area contributed by atoms with E-state index in [4.69, 9.17) is 11.5 Å². The minimum absolute atomic E-state index is 0.175. The van der Waals surface area contributed by atoms with Gasteiger partial charge in [-0.25, -0.2) is 0 Å². The molecule has 5 nitrogen and oxygen atoms in total. The van der Waals surface area contributed by atoms with Crippen LogP contribution in [0.25, 0.3) is 11.0 Å². The van der Waals surface area contributed by atoms with Gasteiger partial charge in [0, 0.05) is 0 Å². The highest BCUT2D eigenvalue weighted by Gasteiger charge is 2.13. The second kappa shape index (κ2) is 5.83. The van der Waals surface area contributed by atoms with Crippen LogP contribution in [0.3, 0.4) is 0 Å². The highest BCUT2D eigenvalue weighted by molar-refractivity contribution is 8.03. The zero-order chi connectivity index (χ0) is 14.7. The molecule has 0 saturated carbocycles. The van der Waals surface area contributed by atoms with Crippen molar-refractivity contribution in [3.63, 3.8) is 0 Å². The molecule has 2 aromatic rings. The van der Waals surface area contributed by atoms with E-state index in [1.165, 1.54) is 0 Å². The number of allylic oxidation sites excluding steroid dienone is 5. The first-order valence-corrected chi connectivity index (χ1v) is 6.89. The van der Waals surface area contributed by atoms with E-state index in [0.717, 1.165) is 20.9 Å². The summed E-state index contributed by atoms with van der Waals surface area (Å²) in [5.74, 6) is 0.579. The van der Waals surface area contributed by atoms with E-state index in [9.17, 15) is 0 Å². The van der Waals surface area contributed by atoms with Crippen LogP contribution in [-0.4, -0.2) is 15.0 Å². The summed E-state index contributed by atoms with van der Waals surface area (Å²) >= 11 is 1.62. The van der Waals surface area contributed by atoms with Crippen molar-refractivity contribution in [1.82, 2.24) is 15.0 Å². The zero-order valence-corrected chi connectivity index (χ0v) is 12.3. The molecule has 2 heterocycles. The third-order valence-corrected chi connectivity index (χ3v) is 3.81. The molecular weight excluding hydrogens is 270 g/mol. The minimum Gasteiger partial charge on any atom is -0.383 e. The van der Waals surface area contributed by atoms with E-state index in [-0.39, 0.29) is 5.95 Å². The molecule has 0 aliphatic carbocycles. The fourth-order valence-electron chi connectivity index (χ4n) is 1.84. The molecule has 104 valence electrons. The van der Waals surface area contributed by atoms with Crippen molar-refractivity contribution in [3.05, 3.63) is 41.4 Å². The van der Waals surface area contributed by atoms with Crippen molar-refractivity contribution in [3.8, 4) is 0 Å². The lowest BCUT2D eigenvalue weighted by Crippen LogP contribution is -1.99. The Morgan fingerprint density at radius 1 is 1.30 bits per heavy atom. The molecule has 0 unspecified atom stereocenters. The number of nitrogen functional groups attached to an aromatic ring is 2. The van der Waals surface area contributed by atoms with Crippen LogP contribution >= 0.6 is 11.8 Å². The number of aromatic amines is 1. The molecule has 2 aromatic heterocycles. The number of aromatic nitrogens is 3. The predicted molar refractivity (Wildman–Crippen MR) is 86.4 cm³/mol. The number of nitrogens with one attached hydrogen (secondary N) is 1. The Labute approximate surface area is 121 Å². The van der Waals surface area contributed by atoms with E-state index in [2.05, 4.69) is 21.5 Å². The number of rotatable bonds is 4. The standard InChI is InChI=1S/C14H17N5S/c1-4-5-6-7-8(2)20-13-9(3)10-11(15)17-14(16)19-12(10)18-13/h4-7H,1H2,2-3H3,(H5,15,16,17,18,19)/b6-5-,8-7+. The van der Waals surface area contributed by atoms with Crippen molar-refractivity contribution in [2.24, 2.45) is 0 Å². The van der Waals surface area contributed by atoms with Gasteiger partial charge in [-0.05, 0) is 24.3 Å². The highest BCUT2D eigenvalue weighted by Crippen LogP contribution is 2.34. The van der Waals surface area contributed by atoms with Gasteiger partial charge in [-0.15, -0.1) is 0 Å². The topological polar surface area (TPSA) is 93.6 Å². The van der Waals surface area contributed by atoms with Gasteiger partial charge in [0.15, 0.2) is 0 Å². The smallest absolute Gasteiger partial charge is 0.223 e. The van der Waals surface area contributed by atoms with E-state index in [1.807, 2.05) is 32.1 Å². The third-order valence-electron chi connectivity index (χ3n) is 2.74. The van der Waals surface area contributed by atoms with Crippen LogP contribution in [0.4, 0.5) is 11.8 Å². The highest BCUT2D eigenvalue weighted by atomic mass is 32.2. The fraction of sp³-hybridized carbons (Fsp3) is 0.143. The summed E-state index contributed by atoms with van der Waals surface area (Å²) in [6, 6.07) is 0. The van der Waals surface area contributed by atoms with Crippen LogP contribution in [0.5, 0.6) is 0 Å². The normalized spacial score (nSPS) is 12.4. The van der Waals surface area contributed by atoms with Crippen LogP contribution in [-0.2, 0) is 0 Å². The van der Waals surface area contributed by atoms with Crippen molar-refractivity contribution in [2.75, 3.05) is 11.5 Å². The average Bonchev–Trinajstić information content (AvgIpc) is 2.66. The molecule has 5 N–H and O–H groups in total. The Hall–Kier alpha value is -2.21. The molecule has 0 spiro atoms.